The van der Waals surface area contributed by atoms with Gasteiger partial charge < -0.3 is 15.4 Å². The first-order valence-corrected chi connectivity index (χ1v) is 5.64. The molecule has 2 aromatic rings. The largest absolute Gasteiger partial charge is 0.479 e. The van der Waals surface area contributed by atoms with E-state index >= 15 is 0 Å². The van der Waals surface area contributed by atoms with E-state index in [1.807, 2.05) is 0 Å². The maximum atomic E-state index is 11.5. The minimum Gasteiger partial charge on any atom is -0.479 e. The van der Waals surface area contributed by atoms with E-state index in [0.717, 1.165) is 0 Å². The Hall–Kier alpha value is -2.63. The number of H-pyrrole nitrogens is 1. The maximum absolute atomic E-state index is 11.5. The van der Waals surface area contributed by atoms with Gasteiger partial charge in [0.15, 0.2) is 5.54 Å². The Labute approximate surface area is 109 Å². The highest BCUT2D eigenvalue weighted by atomic mass is 16.4. The van der Waals surface area contributed by atoms with Crippen LogP contribution in [0.3, 0.4) is 0 Å². The molecule has 1 aromatic heterocycles. The van der Waals surface area contributed by atoms with Crippen molar-refractivity contribution in [3.63, 3.8) is 0 Å². The first kappa shape index (κ1) is 12.8. The minimum absolute atomic E-state index is 0.206. The number of nitrogens with zero attached hydrogens (tertiary/aromatic N) is 1. The summed E-state index contributed by atoms with van der Waals surface area (Å²) in [7, 11) is 0. The number of carboxylic acid groups (broad SMARTS) is 1. The Kier molecular flexibility index (Phi) is 3.33. The van der Waals surface area contributed by atoms with Crippen LogP contribution in [0.5, 0.6) is 0 Å². The van der Waals surface area contributed by atoms with Gasteiger partial charge in [0.25, 0.3) is 5.56 Å². The van der Waals surface area contributed by atoms with E-state index in [4.69, 9.17) is 0 Å². The lowest BCUT2D eigenvalue weighted by atomic mass is 9.92. The topological polar surface area (TPSA) is 95.1 Å². The zero-order valence-electron chi connectivity index (χ0n) is 10.3. The summed E-state index contributed by atoms with van der Waals surface area (Å²) < 4.78 is 0. The number of carboxylic acids is 1. The number of anilines is 1. The molecule has 0 fully saturated rings. The first-order chi connectivity index (χ1) is 9.02. The number of aliphatic carboxylic acids is 1. The van der Waals surface area contributed by atoms with E-state index < -0.39 is 11.5 Å². The van der Waals surface area contributed by atoms with E-state index in [1.54, 1.807) is 30.3 Å². The predicted molar refractivity (Wildman–Crippen MR) is 69.9 cm³/mol. The van der Waals surface area contributed by atoms with E-state index in [0.29, 0.717) is 5.56 Å². The van der Waals surface area contributed by atoms with Crippen LogP contribution >= 0.6 is 0 Å². The summed E-state index contributed by atoms with van der Waals surface area (Å²) >= 11 is 0. The zero-order valence-corrected chi connectivity index (χ0v) is 10.3. The molecule has 1 aromatic carbocycles. The van der Waals surface area contributed by atoms with Crippen molar-refractivity contribution < 1.29 is 9.90 Å². The van der Waals surface area contributed by atoms with Gasteiger partial charge in [-0.15, -0.1) is 0 Å². The number of rotatable bonds is 4. The van der Waals surface area contributed by atoms with Gasteiger partial charge in [-0.3, -0.25) is 4.79 Å². The summed E-state index contributed by atoms with van der Waals surface area (Å²) in [4.78, 5) is 29.0. The van der Waals surface area contributed by atoms with Crippen molar-refractivity contribution in [3.05, 3.63) is 58.6 Å². The number of hydrogen-bond acceptors (Lipinski definition) is 4. The van der Waals surface area contributed by atoms with Gasteiger partial charge in [0, 0.05) is 6.07 Å². The number of hydrogen-bond donors (Lipinski definition) is 3. The van der Waals surface area contributed by atoms with E-state index in [-0.39, 0.29) is 11.4 Å². The molecular formula is C13H13N3O3. The van der Waals surface area contributed by atoms with Crippen LogP contribution in [-0.2, 0) is 10.3 Å². The highest BCUT2D eigenvalue weighted by Gasteiger charge is 2.35. The molecule has 98 valence electrons. The van der Waals surface area contributed by atoms with Crippen molar-refractivity contribution in [2.75, 3.05) is 5.32 Å². The number of benzene rings is 1. The molecule has 0 aliphatic carbocycles. The average molecular weight is 259 g/mol. The Morgan fingerprint density at radius 3 is 2.63 bits per heavy atom. The predicted octanol–water partition coefficient (Wildman–Crippen LogP) is 1.18. The Balaban J connectivity index is 2.41. The van der Waals surface area contributed by atoms with Crippen LogP contribution in [0.15, 0.2) is 47.5 Å². The summed E-state index contributed by atoms with van der Waals surface area (Å²) in [6, 6.07) is 9.93. The normalized spacial score (nSPS) is 13.5. The van der Waals surface area contributed by atoms with Crippen LogP contribution in [0.25, 0.3) is 0 Å². The molecule has 2 rings (SSSR count). The van der Waals surface area contributed by atoms with Gasteiger partial charge in [-0.2, -0.15) is 0 Å². The standard InChI is InChI=1S/C13H13N3O3/c1-13(12(18)19,9-5-3-2-4-6-9)16-10-7-11(17)15-8-14-10/h2-8H,1H3,(H,18,19)(H2,14,15,16,17). The summed E-state index contributed by atoms with van der Waals surface area (Å²) in [5.74, 6) is -0.849. The van der Waals surface area contributed by atoms with Crippen molar-refractivity contribution in [2.45, 2.75) is 12.5 Å². The average Bonchev–Trinajstić information content (AvgIpc) is 2.39. The molecule has 1 heterocycles. The number of nitrogens with one attached hydrogen (secondary N) is 2. The third-order valence-corrected chi connectivity index (χ3v) is 2.84. The third-order valence-electron chi connectivity index (χ3n) is 2.84. The summed E-state index contributed by atoms with van der Waals surface area (Å²) in [5, 5.41) is 12.2. The van der Waals surface area contributed by atoms with Crippen molar-refractivity contribution in [3.8, 4) is 0 Å². The lowest BCUT2D eigenvalue weighted by molar-refractivity contribution is -0.142. The second kappa shape index (κ2) is 4.93. The van der Waals surface area contributed by atoms with E-state index in [2.05, 4.69) is 15.3 Å². The molecule has 0 radical (unpaired) electrons. The first-order valence-electron chi connectivity index (χ1n) is 5.64. The molecule has 0 saturated carbocycles. The van der Waals surface area contributed by atoms with E-state index in [1.165, 1.54) is 19.3 Å². The van der Waals surface area contributed by atoms with Gasteiger partial charge >= 0.3 is 5.97 Å². The maximum Gasteiger partial charge on any atom is 0.333 e. The molecule has 6 nitrogen and oxygen atoms in total. The Morgan fingerprint density at radius 2 is 2.05 bits per heavy atom. The van der Waals surface area contributed by atoms with Crippen molar-refractivity contribution >= 4 is 11.8 Å². The lowest BCUT2D eigenvalue weighted by Crippen LogP contribution is -2.41. The molecular weight excluding hydrogens is 246 g/mol. The smallest absolute Gasteiger partial charge is 0.333 e. The summed E-state index contributed by atoms with van der Waals surface area (Å²) in [5.41, 5.74) is -1.13. The highest BCUT2D eigenvalue weighted by molar-refractivity contribution is 5.83. The SMILES string of the molecule is CC(Nc1cc(=O)[nH]cn1)(C(=O)O)c1ccccc1. The van der Waals surface area contributed by atoms with Crippen LogP contribution in [0.4, 0.5) is 5.82 Å². The molecule has 0 bridgehead atoms. The van der Waals surface area contributed by atoms with Crippen LogP contribution in [0.2, 0.25) is 0 Å². The second-order valence-corrected chi connectivity index (χ2v) is 4.22. The second-order valence-electron chi connectivity index (χ2n) is 4.22. The third kappa shape index (κ3) is 2.62. The fourth-order valence-electron chi connectivity index (χ4n) is 1.71. The fourth-order valence-corrected chi connectivity index (χ4v) is 1.71. The quantitative estimate of drug-likeness (QED) is 0.766. The molecule has 3 N–H and O–H groups in total. The van der Waals surface area contributed by atoms with Crippen LogP contribution in [0.1, 0.15) is 12.5 Å². The molecule has 0 aliphatic heterocycles. The van der Waals surface area contributed by atoms with Crippen LogP contribution in [-0.4, -0.2) is 21.0 Å². The molecule has 6 heteroatoms. The van der Waals surface area contributed by atoms with Gasteiger partial charge in [-0.25, -0.2) is 9.78 Å². The van der Waals surface area contributed by atoms with E-state index in [9.17, 15) is 14.7 Å². The van der Waals surface area contributed by atoms with Gasteiger partial charge in [0.05, 0.1) is 6.33 Å². The molecule has 0 aliphatic rings. The minimum atomic E-state index is -1.36. The summed E-state index contributed by atoms with van der Waals surface area (Å²) in [6.07, 6.45) is 1.22. The van der Waals surface area contributed by atoms with Gasteiger partial charge in [0.2, 0.25) is 0 Å². The monoisotopic (exact) mass is 259 g/mol. The van der Waals surface area contributed by atoms with Crippen LogP contribution < -0.4 is 10.9 Å². The molecule has 1 atom stereocenters. The lowest BCUT2D eigenvalue weighted by Gasteiger charge is -2.27. The number of aromatic amines is 1. The zero-order chi connectivity index (χ0) is 13.9. The van der Waals surface area contributed by atoms with Gasteiger partial charge in [-0.05, 0) is 12.5 Å². The molecule has 19 heavy (non-hydrogen) atoms. The molecule has 0 spiro atoms. The van der Waals surface area contributed by atoms with Crippen molar-refractivity contribution in [2.24, 2.45) is 0 Å². The Bertz CT molecular complexity index is 639. The van der Waals surface area contributed by atoms with Gasteiger partial charge in [-0.1, -0.05) is 30.3 Å². The summed E-state index contributed by atoms with van der Waals surface area (Å²) in [6.45, 7) is 1.52. The van der Waals surface area contributed by atoms with Crippen molar-refractivity contribution in [1.29, 1.82) is 0 Å². The number of aromatic nitrogens is 2. The number of carbonyl (C=O) groups is 1. The fraction of sp³-hybridized carbons (Fsp3) is 0.154. The highest BCUT2D eigenvalue weighted by Crippen LogP contribution is 2.24. The molecule has 1 unspecified atom stereocenters. The Morgan fingerprint density at radius 1 is 1.37 bits per heavy atom. The van der Waals surface area contributed by atoms with Crippen LogP contribution in [0, 0.1) is 0 Å². The molecule has 0 saturated heterocycles. The van der Waals surface area contributed by atoms with Gasteiger partial charge in [0.1, 0.15) is 5.82 Å². The van der Waals surface area contributed by atoms with Crippen molar-refractivity contribution in [1.82, 2.24) is 9.97 Å². The molecule has 0 amide bonds.